The van der Waals surface area contributed by atoms with Crippen molar-refractivity contribution >= 4 is 29.5 Å². The number of anilines is 3. The molecule has 1 aromatic carbocycles. The number of aliphatic hydroxyl groups is 1. The molecule has 35 heavy (non-hydrogen) atoms. The van der Waals surface area contributed by atoms with Gasteiger partial charge in [0.25, 0.3) is 0 Å². The number of aromatic nitrogens is 4. The van der Waals surface area contributed by atoms with E-state index in [2.05, 4.69) is 39.8 Å². The lowest BCUT2D eigenvalue weighted by atomic mass is 10.3. The Bertz CT molecular complexity index is 1110. The molecule has 1 aliphatic heterocycles. The molecule has 1 aliphatic rings. The second kappa shape index (κ2) is 11.1. The van der Waals surface area contributed by atoms with E-state index in [0.717, 1.165) is 36.0 Å². The molecule has 3 heterocycles. The van der Waals surface area contributed by atoms with Crippen molar-refractivity contribution in [2.24, 2.45) is 0 Å². The molecule has 0 unspecified atom stereocenters. The van der Waals surface area contributed by atoms with Crippen LogP contribution in [0, 0.1) is 6.92 Å². The normalized spacial score (nSPS) is 14.7. The van der Waals surface area contributed by atoms with Crippen LogP contribution in [0.3, 0.4) is 0 Å². The van der Waals surface area contributed by atoms with Crippen molar-refractivity contribution in [1.82, 2.24) is 24.8 Å². The minimum absolute atomic E-state index is 0.145. The average molecular weight is 508 g/mol. The Labute approximate surface area is 204 Å². The van der Waals surface area contributed by atoms with E-state index in [4.69, 9.17) is 5.11 Å². The lowest BCUT2D eigenvalue weighted by Gasteiger charge is -2.34. The number of ether oxygens (including phenoxy) is 1. The Hall–Kier alpha value is -3.16. The van der Waals surface area contributed by atoms with Crippen molar-refractivity contribution in [3.05, 3.63) is 48.4 Å². The molecule has 9 nitrogen and oxygen atoms in total. The number of hydrogen-bond acceptors (Lipinski definition) is 10. The lowest BCUT2D eigenvalue weighted by Crippen LogP contribution is -2.47. The van der Waals surface area contributed by atoms with Gasteiger partial charge in [-0.15, -0.1) is 13.2 Å². The van der Waals surface area contributed by atoms with Gasteiger partial charge in [-0.1, -0.05) is 11.8 Å². The molecule has 1 saturated heterocycles. The van der Waals surface area contributed by atoms with Gasteiger partial charge in [0.1, 0.15) is 17.4 Å². The van der Waals surface area contributed by atoms with Crippen LogP contribution in [0.1, 0.15) is 5.82 Å². The van der Waals surface area contributed by atoms with Gasteiger partial charge in [0, 0.05) is 48.7 Å². The topological polar surface area (TPSA) is 99.5 Å². The van der Waals surface area contributed by atoms with E-state index in [1.165, 1.54) is 23.9 Å². The summed E-state index contributed by atoms with van der Waals surface area (Å²) >= 11 is 1.36. The van der Waals surface area contributed by atoms with Gasteiger partial charge >= 0.3 is 6.36 Å². The number of benzene rings is 1. The monoisotopic (exact) mass is 507 g/mol. The Morgan fingerprint density at radius 2 is 1.71 bits per heavy atom. The summed E-state index contributed by atoms with van der Waals surface area (Å²) in [5.74, 6) is 1.85. The van der Waals surface area contributed by atoms with Gasteiger partial charge in [-0.25, -0.2) is 4.98 Å². The smallest absolute Gasteiger partial charge is 0.406 e. The number of aryl methyl sites for hydroxylation is 1. The summed E-state index contributed by atoms with van der Waals surface area (Å²) in [5, 5.41) is 12.2. The van der Waals surface area contributed by atoms with Crippen LogP contribution >= 0.6 is 11.8 Å². The first-order chi connectivity index (χ1) is 16.8. The summed E-state index contributed by atoms with van der Waals surface area (Å²) in [4.78, 5) is 23.6. The molecule has 4 rings (SSSR count). The molecule has 0 bridgehead atoms. The van der Waals surface area contributed by atoms with E-state index in [9.17, 15) is 13.2 Å². The highest BCUT2D eigenvalue weighted by Crippen LogP contribution is 2.31. The SMILES string of the molecule is Cc1nc(Nc2ccc(Sc3ccc(OC(F)(F)F)cc3)cn2)nc(N2CCN(CCO)CC2)n1. The van der Waals surface area contributed by atoms with Crippen LogP contribution in [0.15, 0.2) is 52.4 Å². The van der Waals surface area contributed by atoms with Gasteiger partial charge in [-0.05, 0) is 43.3 Å². The number of halogens is 3. The van der Waals surface area contributed by atoms with Gasteiger partial charge in [0.2, 0.25) is 11.9 Å². The summed E-state index contributed by atoms with van der Waals surface area (Å²) in [5.41, 5.74) is 0. The fourth-order valence-corrected chi connectivity index (χ4v) is 4.24. The van der Waals surface area contributed by atoms with Gasteiger partial charge < -0.3 is 20.1 Å². The molecule has 0 atom stereocenters. The predicted molar refractivity (Wildman–Crippen MR) is 125 cm³/mol. The zero-order chi connectivity index (χ0) is 24.8. The standard InChI is InChI=1S/C22H24F3N7O2S/c1-15-27-20(30-21(28-15)32-10-8-31(9-11-32)12-13-33)29-19-7-6-18(14-26-19)35-17-4-2-16(3-5-17)34-22(23,24)25/h2-7,14,33H,8-13H2,1H3,(H,26,27,28,29,30). The Morgan fingerprint density at radius 1 is 1.00 bits per heavy atom. The number of hydrogen-bond donors (Lipinski definition) is 2. The molecule has 2 aromatic heterocycles. The average Bonchev–Trinajstić information content (AvgIpc) is 2.81. The minimum Gasteiger partial charge on any atom is -0.406 e. The maximum Gasteiger partial charge on any atom is 0.573 e. The van der Waals surface area contributed by atoms with E-state index in [-0.39, 0.29) is 12.4 Å². The summed E-state index contributed by atoms with van der Waals surface area (Å²) in [6, 6.07) is 9.26. The number of alkyl halides is 3. The maximum atomic E-state index is 12.3. The first-order valence-corrected chi connectivity index (χ1v) is 11.7. The summed E-state index contributed by atoms with van der Waals surface area (Å²) in [6.07, 6.45) is -3.06. The molecule has 13 heteroatoms. The number of rotatable bonds is 8. The van der Waals surface area contributed by atoms with Crippen molar-refractivity contribution < 1.29 is 23.0 Å². The molecule has 186 valence electrons. The molecule has 0 saturated carbocycles. The maximum absolute atomic E-state index is 12.3. The van der Waals surface area contributed by atoms with Gasteiger partial charge in [-0.3, -0.25) is 4.90 Å². The number of aliphatic hydroxyl groups excluding tert-OH is 1. The number of pyridine rings is 1. The summed E-state index contributed by atoms with van der Waals surface area (Å²) in [6.45, 7) is 5.78. The van der Waals surface area contributed by atoms with Crippen molar-refractivity contribution in [2.45, 2.75) is 23.1 Å². The van der Waals surface area contributed by atoms with Crippen molar-refractivity contribution in [3.8, 4) is 5.75 Å². The summed E-state index contributed by atoms with van der Waals surface area (Å²) in [7, 11) is 0. The number of nitrogens with zero attached hydrogens (tertiary/aromatic N) is 6. The molecule has 0 aliphatic carbocycles. The zero-order valence-electron chi connectivity index (χ0n) is 18.9. The zero-order valence-corrected chi connectivity index (χ0v) is 19.7. The van der Waals surface area contributed by atoms with E-state index >= 15 is 0 Å². The van der Waals surface area contributed by atoms with Crippen molar-refractivity contribution in [3.63, 3.8) is 0 Å². The van der Waals surface area contributed by atoms with Crippen LogP contribution in [0.4, 0.5) is 30.9 Å². The van der Waals surface area contributed by atoms with Gasteiger partial charge in [-0.2, -0.15) is 15.0 Å². The third-order valence-corrected chi connectivity index (χ3v) is 6.06. The molecule has 2 N–H and O–H groups in total. The highest BCUT2D eigenvalue weighted by Gasteiger charge is 2.31. The fraction of sp³-hybridized carbons (Fsp3) is 0.364. The third kappa shape index (κ3) is 7.41. The van der Waals surface area contributed by atoms with Crippen LogP contribution in [-0.2, 0) is 0 Å². The van der Waals surface area contributed by atoms with E-state index in [1.54, 1.807) is 31.3 Å². The second-order valence-electron chi connectivity index (χ2n) is 7.68. The van der Waals surface area contributed by atoms with Crippen LogP contribution in [0.2, 0.25) is 0 Å². The molecule has 3 aromatic rings. The second-order valence-corrected chi connectivity index (χ2v) is 8.83. The number of nitrogens with one attached hydrogen (secondary N) is 1. The van der Waals surface area contributed by atoms with Crippen molar-refractivity contribution in [1.29, 1.82) is 0 Å². The van der Waals surface area contributed by atoms with Crippen molar-refractivity contribution in [2.75, 3.05) is 49.5 Å². The Kier molecular flexibility index (Phi) is 7.88. The third-order valence-electron chi connectivity index (χ3n) is 5.08. The molecule has 0 radical (unpaired) electrons. The molecule has 1 fully saturated rings. The van der Waals surface area contributed by atoms with E-state index in [1.807, 2.05) is 6.07 Å². The Morgan fingerprint density at radius 3 is 2.34 bits per heavy atom. The quantitative estimate of drug-likeness (QED) is 0.471. The predicted octanol–water partition coefficient (Wildman–Crippen LogP) is 3.48. The molecule has 0 amide bonds. The van der Waals surface area contributed by atoms with Gasteiger partial charge in [0.05, 0.1) is 6.61 Å². The summed E-state index contributed by atoms with van der Waals surface area (Å²) < 4.78 is 40.8. The van der Waals surface area contributed by atoms with Crippen LogP contribution < -0.4 is 15.0 Å². The minimum atomic E-state index is -4.71. The van der Waals surface area contributed by atoms with E-state index < -0.39 is 6.36 Å². The first-order valence-electron chi connectivity index (χ1n) is 10.8. The van der Waals surface area contributed by atoms with Gasteiger partial charge in [0.15, 0.2) is 0 Å². The number of piperazine rings is 1. The fourth-order valence-electron chi connectivity index (χ4n) is 3.45. The molecule has 0 spiro atoms. The lowest BCUT2D eigenvalue weighted by molar-refractivity contribution is -0.274. The first kappa shape index (κ1) is 24.9. The van der Waals surface area contributed by atoms with E-state index in [0.29, 0.717) is 30.1 Å². The van der Waals surface area contributed by atoms with Crippen LogP contribution in [0.25, 0.3) is 0 Å². The van der Waals surface area contributed by atoms with Crippen LogP contribution in [0.5, 0.6) is 5.75 Å². The number of β-amino-alcohol motifs (C(OH)–C–C–N with tert-alkyl or cyclic N) is 1. The van der Waals surface area contributed by atoms with Crippen LogP contribution in [-0.4, -0.2) is 75.6 Å². The molecular formula is C22H24F3N7O2S. The highest BCUT2D eigenvalue weighted by molar-refractivity contribution is 7.99. The molecular weight excluding hydrogens is 483 g/mol. The largest absolute Gasteiger partial charge is 0.573 e. The highest BCUT2D eigenvalue weighted by atomic mass is 32.2. The Balaban J connectivity index is 1.36.